The summed E-state index contributed by atoms with van der Waals surface area (Å²) in [5.74, 6) is 1.77. The summed E-state index contributed by atoms with van der Waals surface area (Å²) in [6.07, 6.45) is 0.832. The van der Waals surface area contributed by atoms with E-state index < -0.39 is 5.72 Å². The fourth-order valence-electron chi connectivity index (χ4n) is 4.16. The van der Waals surface area contributed by atoms with E-state index in [0.717, 1.165) is 39.2 Å². The maximum absolute atomic E-state index is 6.56. The van der Waals surface area contributed by atoms with Crippen LogP contribution in [0.3, 0.4) is 0 Å². The van der Waals surface area contributed by atoms with Gasteiger partial charge in [-0.05, 0) is 48.0 Å². The first kappa shape index (κ1) is 18.3. The number of fused-ring (bicyclic) bond motifs is 3. The Morgan fingerprint density at radius 3 is 2.48 bits per heavy atom. The number of ether oxygens (including phenoxy) is 2. The zero-order chi connectivity index (χ0) is 20.0. The van der Waals surface area contributed by atoms with E-state index in [9.17, 15) is 0 Å². The molecular weight excluding hydrogens is 428 g/mol. The second-order valence-electron chi connectivity index (χ2n) is 7.47. The van der Waals surface area contributed by atoms with E-state index in [1.807, 2.05) is 30.3 Å². The molecule has 0 N–H and O–H groups in total. The Hall–Kier alpha value is -2.79. The number of nitrogens with zero attached hydrogens (tertiary/aromatic N) is 2. The minimum absolute atomic E-state index is 0.130. The Morgan fingerprint density at radius 2 is 1.76 bits per heavy atom. The van der Waals surface area contributed by atoms with Crippen molar-refractivity contribution in [1.82, 2.24) is 5.01 Å². The van der Waals surface area contributed by atoms with Crippen molar-refractivity contribution in [3.05, 3.63) is 94.0 Å². The van der Waals surface area contributed by atoms with Gasteiger partial charge in [0.05, 0.1) is 18.9 Å². The molecule has 3 aromatic carbocycles. The number of hydrogen-bond acceptors (Lipinski definition) is 4. The molecule has 0 saturated carbocycles. The van der Waals surface area contributed by atoms with Gasteiger partial charge in [-0.2, -0.15) is 5.10 Å². The summed E-state index contributed by atoms with van der Waals surface area (Å²) in [5.41, 5.74) is 3.72. The van der Waals surface area contributed by atoms with Crippen LogP contribution in [-0.2, 0) is 5.72 Å². The lowest BCUT2D eigenvalue weighted by Gasteiger charge is -2.46. The van der Waals surface area contributed by atoms with Gasteiger partial charge in [0.2, 0.25) is 5.72 Å². The van der Waals surface area contributed by atoms with Gasteiger partial charge in [-0.3, -0.25) is 0 Å². The lowest BCUT2D eigenvalue weighted by Crippen LogP contribution is -2.48. The molecule has 29 heavy (non-hydrogen) atoms. The first-order chi connectivity index (χ1) is 14.1. The lowest BCUT2D eigenvalue weighted by molar-refractivity contribution is -0.112. The number of halogens is 1. The van der Waals surface area contributed by atoms with E-state index >= 15 is 0 Å². The first-order valence-electron chi connectivity index (χ1n) is 9.64. The standard InChI is InChI=1S/C24H21BrN2O2/c1-24(17-9-11-18(25)12-10-17)27-22(20-5-3-4-6-23(20)29-24)15-21(26-27)16-7-13-19(28-2)14-8-16/h3-14,22H,15H2,1-2H3/t22-,24-/m1/s1. The van der Waals surface area contributed by atoms with Crippen LogP contribution in [0.4, 0.5) is 0 Å². The average Bonchev–Trinajstić information content (AvgIpc) is 3.21. The predicted molar refractivity (Wildman–Crippen MR) is 117 cm³/mol. The van der Waals surface area contributed by atoms with Gasteiger partial charge in [-0.25, -0.2) is 5.01 Å². The van der Waals surface area contributed by atoms with Crippen LogP contribution in [0.5, 0.6) is 11.5 Å². The smallest absolute Gasteiger partial charge is 0.221 e. The van der Waals surface area contributed by atoms with E-state index in [1.165, 1.54) is 5.56 Å². The summed E-state index contributed by atoms with van der Waals surface area (Å²) in [6, 6.07) is 24.8. The van der Waals surface area contributed by atoms with Gasteiger partial charge in [0, 0.05) is 28.9 Å². The van der Waals surface area contributed by atoms with Crippen LogP contribution in [0.25, 0.3) is 0 Å². The molecule has 146 valence electrons. The number of hydrogen-bond donors (Lipinski definition) is 0. The number of hydrazone groups is 1. The summed E-state index contributed by atoms with van der Waals surface area (Å²) in [4.78, 5) is 0. The van der Waals surface area contributed by atoms with Gasteiger partial charge in [-0.15, -0.1) is 0 Å². The molecule has 4 nitrogen and oxygen atoms in total. The van der Waals surface area contributed by atoms with E-state index in [0.29, 0.717) is 0 Å². The molecule has 0 fully saturated rings. The van der Waals surface area contributed by atoms with Gasteiger partial charge in [0.25, 0.3) is 0 Å². The highest BCUT2D eigenvalue weighted by Crippen LogP contribution is 2.50. The van der Waals surface area contributed by atoms with Gasteiger partial charge < -0.3 is 9.47 Å². The molecule has 0 amide bonds. The normalized spacial score (nSPS) is 22.4. The molecule has 0 saturated heterocycles. The molecule has 0 radical (unpaired) electrons. The fourth-order valence-corrected chi connectivity index (χ4v) is 4.43. The third kappa shape index (κ3) is 3.01. The molecule has 0 aliphatic carbocycles. The maximum atomic E-state index is 6.56. The van der Waals surface area contributed by atoms with Gasteiger partial charge >= 0.3 is 0 Å². The Labute approximate surface area is 178 Å². The Kier molecular flexibility index (Phi) is 4.36. The minimum atomic E-state index is -0.687. The molecule has 0 aromatic heterocycles. The van der Waals surface area contributed by atoms with Crippen LogP contribution < -0.4 is 9.47 Å². The average molecular weight is 449 g/mol. The summed E-state index contributed by atoms with van der Waals surface area (Å²) in [5, 5.41) is 7.18. The van der Waals surface area contributed by atoms with E-state index in [4.69, 9.17) is 14.6 Å². The molecular formula is C24H21BrN2O2. The Bertz CT molecular complexity index is 1080. The summed E-state index contributed by atoms with van der Waals surface area (Å²) < 4.78 is 12.9. The van der Waals surface area contributed by atoms with Crippen LogP contribution in [0.2, 0.25) is 0 Å². The molecule has 0 unspecified atom stereocenters. The van der Waals surface area contributed by atoms with Crippen molar-refractivity contribution >= 4 is 21.6 Å². The van der Waals surface area contributed by atoms with Crippen molar-refractivity contribution < 1.29 is 9.47 Å². The van der Waals surface area contributed by atoms with Gasteiger partial charge in [0.15, 0.2) is 0 Å². The third-order valence-electron chi connectivity index (χ3n) is 5.74. The molecule has 2 heterocycles. The second-order valence-corrected chi connectivity index (χ2v) is 8.39. The topological polar surface area (TPSA) is 34.1 Å². The summed E-state index contributed by atoms with van der Waals surface area (Å²) in [6.45, 7) is 2.10. The third-order valence-corrected chi connectivity index (χ3v) is 6.27. The summed E-state index contributed by atoms with van der Waals surface area (Å²) >= 11 is 3.53. The highest BCUT2D eigenvalue weighted by molar-refractivity contribution is 9.10. The van der Waals surface area contributed by atoms with E-state index in [-0.39, 0.29) is 6.04 Å². The maximum Gasteiger partial charge on any atom is 0.221 e. The molecule has 0 spiro atoms. The predicted octanol–water partition coefficient (Wildman–Crippen LogP) is 5.87. The molecule has 5 rings (SSSR count). The van der Waals surface area contributed by atoms with Crippen LogP contribution in [0.15, 0.2) is 82.4 Å². The lowest BCUT2D eigenvalue weighted by atomic mass is 9.92. The van der Waals surface area contributed by atoms with Crippen molar-refractivity contribution in [2.45, 2.75) is 25.1 Å². The molecule has 2 aliphatic rings. The number of benzene rings is 3. The van der Waals surface area contributed by atoms with E-state index in [1.54, 1.807) is 7.11 Å². The zero-order valence-corrected chi connectivity index (χ0v) is 17.9. The van der Waals surface area contributed by atoms with Crippen molar-refractivity contribution in [2.75, 3.05) is 7.11 Å². The van der Waals surface area contributed by atoms with Gasteiger partial charge in [0.1, 0.15) is 11.5 Å². The molecule has 5 heteroatoms. The van der Waals surface area contributed by atoms with Crippen LogP contribution in [0, 0.1) is 0 Å². The Balaban J connectivity index is 1.61. The second kappa shape index (κ2) is 6.92. The first-order valence-corrected chi connectivity index (χ1v) is 10.4. The molecule has 0 bridgehead atoms. The van der Waals surface area contributed by atoms with E-state index in [2.05, 4.69) is 70.3 Å². The SMILES string of the molecule is COc1ccc(C2=NN3[C@H](C2)c2ccccc2O[C@]3(C)c2ccc(Br)cc2)cc1. The number of para-hydroxylation sites is 1. The number of methoxy groups -OCH3 is 1. The largest absolute Gasteiger partial charge is 0.497 e. The fraction of sp³-hybridized carbons (Fsp3) is 0.208. The van der Waals surface area contributed by atoms with Crippen LogP contribution in [-0.4, -0.2) is 17.8 Å². The minimum Gasteiger partial charge on any atom is -0.497 e. The quantitative estimate of drug-likeness (QED) is 0.501. The highest BCUT2D eigenvalue weighted by Gasteiger charge is 2.48. The van der Waals surface area contributed by atoms with Crippen molar-refractivity contribution in [3.8, 4) is 11.5 Å². The van der Waals surface area contributed by atoms with Crippen molar-refractivity contribution in [3.63, 3.8) is 0 Å². The molecule has 2 atom stereocenters. The van der Waals surface area contributed by atoms with Gasteiger partial charge in [-0.1, -0.05) is 46.3 Å². The van der Waals surface area contributed by atoms with Crippen LogP contribution in [0.1, 0.15) is 36.1 Å². The molecule has 3 aromatic rings. The van der Waals surface area contributed by atoms with Crippen molar-refractivity contribution in [1.29, 1.82) is 0 Å². The highest BCUT2D eigenvalue weighted by atomic mass is 79.9. The summed E-state index contributed by atoms with van der Waals surface area (Å²) in [7, 11) is 1.68. The van der Waals surface area contributed by atoms with Crippen molar-refractivity contribution in [2.24, 2.45) is 5.10 Å². The molecule has 2 aliphatic heterocycles. The monoisotopic (exact) mass is 448 g/mol. The Morgan fingerprint density at radius 1 is 1.03 bits per heavy atom. The zero-order valence-electron chi connectivity index (χ0n) is 16.3. The van der Waals surface area contributed by atoms with Crippen LogP contribution >= 0.6 is 15.9 Å². The number of rotatable bonds is 3.